The Bertz CT molecular complexity index is 1250. The zero-order chi connectivity index (χ0) is 22.6. The lowest BCUT2D eigenvalue weighted by molar-refractivity contribution is 0.0744. The van der Waals surface area contributed by atoms with Crippen molar-refractivity contribution in [1.82, 2.24) is 24.4 Å². The van der Waals surface area contributed by atoms with Crippen LogP contribution in [-0.2, 0) is 0 Å². The number of para-hydroxylation sites is 2. The Morgan fingerprint density at radius 2 is 1.61 bits per heavy atom. The van der Waals surface area contributed by atoms with Crippen LogP contribution >= 0.6 is 0 Å². The molecule has 2 aromatic carbocycles. The first-order valence-corrected chi connectivity index (χ1v) is 10.9. The summed E-state index contributed by atoms with van der Waals surface area (Å²) in [4.78, 5) is 30.4. The highest BCUT2D eigenvalue weighted by Crippen LogP contribution is 2.27. The molecule has 8 heteroatoms. The van der Waals surface area contributed by atoms with Crippen molar-refractivity contribution in [2.45, 2.75) is 6.92 Å². The van der Waals surface area contributed by atoms with Crippen LogP contribution in [0.5, 0.6) is 11.5 Å². The fourth-order valence-electron chi connectivity index (χ4n) is 3.92. The molecule has 8 nitrogen and oxygen atoms in total. The van der Waals surface area contributed by atoms with Gasteiger partial charge in [0.05, 0.1) is 5.56 Å². The average Bonchev–Trinajstić information content (AvgIpc) is 3.31. The number of imidazole rings is 1. The summed E-state index contributed by atoms with van der Waals surface area (Å²) in [7, 11) is 0. The van der Waals surface area contributed by atoms with Gasteiger partial charge in [0, 0.05) is 44.6 Å². The normalized spacial score (nSPS) is 13.7. The van der Waals surface area contributed by atoms with Crippen LogP contribution in [0.2, 0.25) is 0 Å². The molecular formula is C25H24N6O2. The number of nitrogens with zero attached hydrogens (tertiary/aromatic N) is 6. The zero-order valence-corrected chi connectivity index (χ0v) is 18.3. The van der Waals surface area contributed by atoms with E-state index in [0.29, 0.717) is 43.2 Å². The third-order valence-electron chi connectivity index (χ3n) is 5.69. The van der Waals surface area contributed by atoms with E-state index in [1.807, 2.05) is 83.3 Å². The van der Waals surface area contributed by atoms with Crippen molar-refractivity contribution in [3.63, 3.8) is 0 Å². The van der Waals surface area contributed by atoms with Crippen molar-refractivity contribution >= 4 is 11.7 Å². The van der Waals surface area contributed by atoms with Gasteiger partial charge in [-0.15, -0.1) is 0 Å². The van der Waals surface area contributed by atoms with E-state index in [2.05, 4.69) is 19.9 Å². The molecule has 0 spiro atoms. The van der Waals surface area contributed by atoms with E-state index in [9.17, 15) is 4.79 Å². The van der Waals surface area contributed by atoms with E-state index in [4.69, 9.17) is 4.74 Å². The Morgan fingerprint density at radius 3 is 2.36 bits per heavy atom. The molecule has 166 valence electrons. The van der Waals surface area contributed by atoms with Crippen molar-refractivity contribution in [2.75, 3.05) is 31.1 Å². The molecule has 5 rings (SSSR count). The Kier molecular flexibility index (Phi) is 5.72. The standard InChI is InChI=1S/C25H24N6O2/c1-19-26-11-12-31(19)24-17-23(27-18-28-24)29-13-15-30(16-14-29)25(32)21-9-5-6-10-22(21)33-20-7-3-2-4-8-20/h2-12,17-18H,13-16H2,1H3. The molecule has 0 bridgehead atoms. The highest BCUT2D eigenvalue weighted by Gasteiger charge is 2.25. The summed E-state index contributed by atoms with van der Waals surface area (Å²) < 4.78 is 7.91. The minimum atomic E-state index is -0.0291. The lowest BCUT2D eigenvalue weighted by Gasteiger charge is -2.35. The average molecular weight is 441 g/mol. The van der Waals surface area contributed by atoms with Crippen molar-refractivity contribution in [2.24, 2.45) is 0 Å². The quantitative estimate of drug-likeness (QED) is 0.471. The van der Waals surface area contributed by atoms with Gasteiger partial charge in [0.25, 0.3) is 5.91 Å². The number of hydrogen-bond acceptors (Lipinski definition) is 6. The van der Waals surface area contributed by atoms with E-state index in [0.717, 1.165) is 17.5 Å². The van der Waals surface area contributed by atoms with Crippen LogP contribution in [0.25, 0.3) is 5.82 Å². The number of hydrogen-bond donors (Lipinski definition) is 0. The maximum Gasteiger partial charge on any atom is 0.257 e. The molecule has 0 atom stereocenters. The van der Waals surface area contributed by atoms with Gasteiger partial charge >= 0.3 is 0 Å². The molecule has 3 heterocycles. The molecule has 0 aliphatic carbocycles. The first kappa shape index (κ1) is 20.7. The maximum absolute atomic E-state index is 13.3. The number of benzene rings is 2. The van der Waals surface area contributed by atoms with Crippen LogP contribution in [0.15, 0.2) is 79.4 Å². The van der Waals surface area contributed by atoms with Gasteiger partial charge < -0.3 is 14.5 Å². The summed E-state index contributed by atoms with van der Waals surface area (Å²) in [5.41, 5.74) is 0.565. The fourth-order valence-corrected chi connectivity index (χ4v) is 3.92. The highest BCUT2D eigenvalue weighted by atomic mass is 16.5. The minimum Gasteiger partial charge on any atom is -0.457 e. The second kappa shape index (κ2) is 9.12. The molecular weight excluding hydrogens is 416 g/mol. The summed E-state index contributed by atoms with van der Waals surface area (Å²) >= 11 is 0. The van der Waals surface area contributed by atoms with Crippen LogP contribution in [-0.4, -0.2) is 56.5 Å². The third kappa shape index (κ3) is 4.41. The van der Waals surface area contributed by atoms with Crippen molar-refractivity contribution in [3.05, 3.63) is 90.8 Å². The number of amides is 1. The molecule has 2 aromatic heterocycles. The number of aryl methyl sites for hydroxylation is 1. The Morgan fingerprint density at radius 1 is 0.879 bits per heavy atom. The van der Waals surface area contributed by atoms with E-state index in [1.165, 1.54) is 0 Å². The van der Waals surface area contributed by atoms with Crippen LogP contribution in [0.1, 0.15) is 16.2 Å². The summed E-state index contributed by atoms with van der Waals surface area (Å²) in [6.45, 7) is 4.51. The minimum absolute atomic E-state index is 0.0291. The molecule has 1 aliphatic heterocycles. The van der Waals surface area contributed by atoms with Crippen molar-refractivity contribution < 1.29 is 9.53 Å². The van der Waals surface area contributed by atoms with E-state index in [-0.39, 0.29) is 5.91 Å². The topological polar surface area (TPSA) is 76.4 Å². The first-order chi connectivity index (χ1) is 16.2. The smallest absolute Gasteiger partial charge is 0.257 e. The van der Waals surface area contributed by atoms with Gasteiger partial charge in [0.2, 0.25) is 0 Å². The van der Waals surface area contributed by atoms with Gasteiger partial charge in [-0.3, -0.25) is 9.36 Å². The second-order valence-corrected chi connectivity index (χ2v) is 7.77. The Labute approximate surface area is 192 Å². The number of carbonyl (C=O) groups excluding carboxylic acids is 1. The summed E-state index contributed by atoms with van der Waals surface area (Å²) in [5, 5.41) is 0. The molecule has 0 unspecified atom stereocenters. The number of rotatable bonds is 5. The van der Waals surface area contributed by atoms with Crippen LogP contribution < -0.4 is 9.64 Å². The highest BCUT2D eigenvalue weighted by molar-refractivity contribution is 5.97. The third-order valence-corrected chi connectivity index (χ3v) is 5.69. The van der Waals surface area contributed by atoms with Gasteiger partial charge in [0.1, 0.15) is 35.3 Å². The van der Waals surface area contributed by atoms with Gasteiger partial charge in [-0.05, 0) is 31.2 Å². The predicted molar refractivity (Wildman–Crippen MR) is 125 cm³/mol. The fraction of sp³-hybridized carbons (Fsp3) is 0.200. The molecule has 0 radical (unpaired) electrons. The molecule has 1 amide bonds. The second-order valence-electron chi connectivity index (χ2n) is 7.77. The van der Waals surface area contributed by atoms with Crippen LogP contribution in [0.3, 0.4) is 0 Å². The molecule has 33 heavy (non-hydrogen) atoms. The zero-order valence-electron chi connectivity index (χ0n) is 18.3. The number of ether oxygens (including phenoxy) is 1. The first-order valence-electron chi connectivity index (χ1n) is 10.9. The van der Waals surface area contributed by atoms with Crippen LogP contribution in [0, 0.1) is 6.92 Å². The predicted octanol–water partition coefficient (Wildman–Crippen LogP) is 3.73. The molecule has 4 aromatic rings. The lowest BCUT2D eigenvalue weighted by Crippen LogP contribution is -2.49. The van der Waals surface area contributed by atoms with E-state index in [1.54, 1.807) is 12.5 Å². The van der Waals surface area contributed by atoms with Gasteiger partial charge in [-0.25, -0.2) is 15.0 Å². The molecule has 1 saturated heterocycles. The number of anilines is 1. The van der Waals surface area contributed by atoms with Gasteiger partial charge in [-0.2, -0.15) is 0 Å². The van der Waals surface area contributed by atoms with E-state index < -0.39 is 0 Å². The molecule has 1 fully saturated rings. The SMILES string of the molecule is Cc1nccn1-c1cc(N2CCN(C(=O)c3ccccc3Oc3ccccc3)CC2)ncn1. The van der Waals surface area contributed by atoms with Crippen LogP contribution in [0.4, 0.5) is 5.82 Å². The Balaban J connectivity index is 1.28. The lowest BCUT2D eigenvalue weighted by atomic mass is 10.1. The summed E-state index contributed by atoms with van der Waals surface area (Å²) in [6, 6.07) is 18.8. The molecule has 0 N–H and O–H groups in total. The largest absolute Gasteiger partial charge is 0.457 e. The maximum atomic E-state index is 13.3. The molecule has 1 aliphatic rings. The summed E-state index contributed by atoms with van der Waals surface area (Å²) in [6.07, 6.45) is 5.20. The summed E-state index contributed by atoms with van der Waals surface area (Å²) in [5.74, 6) is 3.72. The Hall–Kier alpha value is -4.20. The van der Waals surface area contributed by atoms with Crippen molar-refractivity contribution in [1.29, 1.82) is 0 Å². The van der Waals surface area contributed by atoms with Gasteiger partial charge in [0.15, 0.2) is 0 Å². The van der Waals surface area contributed by atoms with E-state index >= 15 is 0 Å². The van der Waals surface area contributed by atoms with Gasteiger partial charge in [-0.1, -0.05) is 30.3 Å². The molecule has 0 saturated carbocycles. The van der Waals surface area contributed by atoms with Crippen molar-refractivity contribution in [3.8, 4) is 17.3 Å². The number of carbonyl (C=O) groups is 1. The monoisotopic (exact) mass is 440 g/mol. The number of piperazine rings is 1. The number of aromatic nitrogens is 4.